The molecule has 2 N–H and O–H groups in total. The standard InChI is InChI=1S/C12H24N4.HI/c1-16(11-5-2-3-6-11)10-9-15-12-13-7-4-8-14-12;/h11H,2-10H2,1H3,(H2,13,14,15);1H. The zero-order chi connectivity index (χ0) is 11.2. The SMILES string of the molecule is CN(CCNC1=NCCCN1)C1CCCC1.I. The van der Waals surface area contributed by atoms with Gasteiger partial charge in [0.2, 0.25) is 0 Å². The minimum Gasteiger partial charge on any atom is -0.356 e. The van der Waals surface area contributed by atoms with E-state index in [4.69, 9.17) is 0 Å². The summed E-state index contributed by atoms with van der Waals surface area (Å²) in [6, 6.07) is 0.822. The predicted octanol–water partition coefficient (Wildman–Crippen LogP) is 1.42. The third-order valence-electron chi connectivity index (χ3n) is 3.60. The molecule has 1 aliphatic carbocycles. The van der Waals surface area contributed by atoms with Crippen LogP contribution in [0.5, 0.6) is 0 Å². The summed E-state index contributed by atoms with van der Waals surface area (Å²) in [5.41, 5.74) is 0. The van der Waals surface area contributed by atoms with Gasteiger partial charge in [0.15, 0.2) is 5.96 Å². The number of guanidine groups is 1. The highest BCUT2D eigenvalue weighted by Crippen LogP contribution is 2.21. The van der Waals surface area contributed by atoms with E-state index in [0.717, 1.165) is 44.6 Å². The molecule has 0 aromatic carbocycles. The van der Waals surface area contributed by atoms with Gasteiger partial charge in [-0.1, -0.05) is 12.8 Å². The Bertz CT molecular complexity index is 239. The third-order valence-corrected chi connectivity index (χ3v) is 3.60. The molecule has 0 aromatic rings. The van der Waals surface area contributed by atoms with E-state index < -0.39 is 0 Å². The van der Waals surface area contributed by atoms with Crippen molar-refractivity contribution in [3.8, 4) is 0 Å². The quantitative estimate of drug-likeness (QED) is 0.752. The summed E-state index contributed by atoms with van der Waals surface area (Å²) in [4.78, 5) is 6.89. The maximum Gasteiger partial charge on any atom is 0.191 e. The summed E-state index contributed by atoms with van der Waals surface area (Å²) in [5, 5.41) is 6.66. The van der Waals surface area contributed by atoms with Crippen molar-refractivity contribution >= 4 is 29.9 Å². The number of aliphatic imine (C=N–C) groups is 1. The van der Waals surface area contributed by atoms with Crippen molar-refractivity contribution in [2.24, 2.45) is 4.99 Å². The molecule has 0 aromatic heterocycles. The fourth-order valence-electron chi connectivity index (χ4n) is 2.53. The van der Waals surface area contributed by atoms with Crippen LogP contribution in [0.15, 0.2) is 4.99 Å². The second kappa shape index (κ2) is 8.13. The van der Waals surface area contributed by atoms with Gasteiger partial charge < -0.3 is 15.5 Å². The predicted molar refractivity (Wildman–Crippen MR) is 83.2 cm³/mol. The molecule has 2 rings (SSSR count). The second-order valence-electron chi connectivity index (χ2n) is 4.86. The normalized spacial score (nSPS) is 20.7. The van der Waals surface area contributed by atoms with Crippen molar-refractivity contribution in [2.45, 2.75) is 38.1 Å². The zero-order valence-corrected chi connectivity index (χ0v) is 13.1. The topological polar surface area (TPSA) is 39.7 Å². The fourth-order valence-corrected chi connectivity index (χ4v) is 2.53. The minimum absolute atomic E-state index is 0. The van der Waals surface area contributed by atoms with E-state index in [2.05, 4.69) is 27.6 Å². The van der Waals surface area contributed by atoms with Crippen LogP contribution in [0, 0.1) is 0 Å². The highest BCUT2D eigenvalue weighted by molar-refractivity contribution is 14.0. The van der Waals surface area contributed by atoms with Crippen LogP contribution in [0.1, 0.15) is 32.1 Å². The number of rotatable bonds is 4. The molecule has 0 amide bonds. The maximum absolute atomic E-state index is 4.40. The van der Waals surface area contributed by atoms with Gasteiger partial charge >= 0.3 is 0 Å². The molecule has 0 bridgehead atoms. The molecule has 0 atom stereocenters. The first-order valence-electron chi connectivity index (χ1n) is 6.59. The molecule has 2 aliphatic rings. The molecule has 5 heteroatoms. The molecule has 100 valence electrons. The second-order valence-corrected chi connectivity index (χ2v) is 4.86. The van der Waals surface area contributed by atoms with E-state index in [1.165, 1.54) is 25.7 Å². The average Bonchev–Trinajstić information content (AvgIpc) is 2.84. The lowest BCUT2D eigenvalue weighted by Crippen LogP contribution is -2.44. The molecular weight excluding hydrogens is 327 g/mol. The molecule has 0 saturated heterocycles. The fraction of sp³-hybridized carbons (Fsp3) is 0.917. The van der Waals surface area contributed by atoms with Gasteiger partial charge in [0.25, 0.3) is 0 Å². The smallest absolute Gasteiger partial charge is 0.191 e. The number of nitrogens with zero attached hydrogens (tertiary/aromatic N) is 2. The number of hydrogen-bond donors (Lipinski definition) is 2. The van der Waals surface area contributed by atoms with Crippen LogP contribution in [0.2, 0.25) is 0 Å². The highest BCUT2D eigenvalue weighted by Gasteiger charge is 2.18. The first kappa shape index (κ1) is 15.0. The molecule has 1 heterocycles. The molecule has 0 radical (unpaired) electrons. The Labute approximate surface area is 122 Å². The lowest BCUT2D eigenvalue weighted by Gasteiger charge is -2.24. The Morgan fingerprint density at radius 1 is 1.35 bits per heavy atom. The van der Waals surface area contributed by atoms with Crippen LogP contribution in [0.3, 0.4) is 0 Å². The van der Waals surface area contributed by atoms with E-state index in [9.17, 15) is 0 Å². The van der Waals surface area contributed by atoms with Crippen LogP contribution < -0.4 is 10.6 Å². The van der Waals surface area contributed by atoms with Crippen molar-refractivity contribution in [1.29, 1.82) is 0 Å². The van der Waals surface area contributed by atoms with E-state index in [1.807, 2.05) is 0 Å². The van der Waals surface area contributed by atoms with Crippen molar-refractivity contribution in [2.75, 3.05) is 33.2 Å². The monoisotopic (exact) mass is 352 g/mol. The molecular formula is C12H25IN4. The van der Waals surface area contributed by atoms with Gasteiger partial charge in [0, 0.05) is 32.2 Å². The lowest BCUT2D eigenvalue weighted by molar-refractivity contribution is 0.249. The van der Waals surface area contributed by atoms with Crippen molar-refractivity contribution in [3.05, 3.63) is 0 Å². The summed E-state index contributed by atoms with van der Waals surface area (Å²) in [7, 11) is 2.24. The summed E-state index contributed by atoms with van der Waals surface area (Å²) in [6.45, 7) is 4.14. The van der Waals surface area contributed by atoms with E-state index in [0.29, 0.717) is 0 Å². The van der Waals surface area contributed by atoms with Crippen LogP contribution >= 0.6 is 24.0 Å². The maximum atomic E-state index is 4.40. The Morgan fingerprint density at radius 2 is 2.12 bits per heavy atom. The molecule has 0 spiro atoms. The number of hydrogen-bond acceptors (Lipinski definition) is 4. The van der Waals surface area contributed by atoms with Crippen molar-refractivity contribution in [1.82, 2.24) is 15.5 Å². The summed E-state index contributed by atoms with van der Waals surface area (Å²) < 4.78 is 0. The molecule has 1 aliphatic heterocycles. The average molecular weight is 352 g/mol. The Morgan fingerprint density at radius 3 is 2.76 bits per heavy atom. The largest absolute Gasteiger partial charge is 0.356 e. The van der Waals surface area contributed by atoms with E-state index >= 15 is 0 Å². The Hall–Kier alpha value is -0.0400. The van der Waals surface area contributed by atoms with Crippen molar-refractivity contribution in [3.63, 3.8) is 0 Å². The third kappa shape index (κ3) is 4.99. The molecule has 1 saturated carbocycles. The number of likely N-dealkylation sites (N-methyl/N-ethyl adjacent to an activating group) is 1. The number of halogens is 1. The highest BCUT2D eigenvalue weighted by atomic mass is 127. The molecule has 17 heavy (non-hydrogen) atoms. The van der Waals surface area contributed by atoms with Gasteiger partial charge in [-0.2, -0.15) is 0 Å². The first-order chi connectivity index (χ1) is 7.86. The lowest BCUT2D eigenvalue weighted by atomic mass is 10.2. The minimum atomic E-state index is 0. The molecule has 1 fully saturated rings. The van der Waals surface area contributed by atoms with Gasteiger partial charge in [0.05, 0.1) is 0 Å². The summed E-state index contributed by atoms with van der Waals surface area (Å²) in [6.07, 6.45) is 6.76. The van der Waals surface area contributed by atoms with Gasteiger partial charge in [0.1, 0.15) is 0 Å². The summed E-state index contributed by atoms with van der Waals surface area (Å²) in [5.74, 6) is 0.992. The van der Waals surface area contributed by atoms with Gasteiger partial charge in [-0.05, 0) is 26.3 Å². The van der Waals surface area contributed by atoms with Crippen LogP contribution in [0.25, 0.3) is 0 Å². The molecule has 4 nitrogen and oxygen atoms in total. The van der Waals surface area contributed by atoms with Crippen LogP contribution in [-0.4, -0.2) is 50.1 Å². The van der Waals surface area contributed by atoms with Gasteiger partial charge in [-0.3, -0.25) is 4.99 Å². The Balaban J connectivity index is 0.00000144. The summed E-state index contributed by atoms with van der Waals surface area (Å²) >= 11 is 0. The molecule has 0 unspecified atom stereocenters. The van der Waals surface area contributed by atoms with Crippen LogP contribution in [0.4, 0.5) is 0 Å². The number of nitrogens with one attached hydrogen (secondary N) is 2. The first-order valence-corrected chi connectivity index (χ1v) is 6.59. The van der Waals surface area contributed by atoms with Crippen molar-refractivity contribution < 1.29 is 0 Å². The van der Waals surface area contributed by atoms with Gasteiger partial charge in [-0.25, -0.2) is 0 Å². The zero-order valence-electron chi connectivity index (χ0n) is 10.7. The van der Waals surface area contributed by atoms with E-state index in [-0.39, 0.29) is 24.0 Å². The van der Waals surface area contributed by atoms with Crippen LogP contribution in [-0.2, 0) is 0 Å². The van der Waals surface area contributed by atoms with E-state index in [1.54, 1.807) is 0 Å². The van der Waals surface area contributed by atoms with Gasteiger partial charge in [-0.15, -0.1) is 24.0 Å². The Kier molecular flexibility index (Phi) is 7.18.